The van der Waals surface area contributed by atoms with Gasteiger partial charge < -0.3 is 5.11 Å². The smallest absolute Gasteiger partial charge is 0.0647 e. The molecule has 0 bridgehead atoms. The van der Waals surface area contributed by atoms with Crippen molar-refractivity contribution in [2.45, 2.75) is 51.6 Å². The lowest BCUT2D eigenvalue weighted by atomic mass is 9.78. The minimum absolute atomic E-state index is 0.308. The number of aliphatic hydroxyl groups is 1. The van der Waals surface area contributed by atoms with Crippen LogP contribution < -0.4 is 0 Å². The van der Waals surface area contributed by atoms with Gasteiger partial charge in [-0.15, -0.1) is 0 Å². The summed E-state index contributed by atoms with van der Waals surface area (Å²) in [6.45, 7) is 4.32. The zero-order valence-electron chi connectivity index (χ0n) is 7.06. The van der Waals surface area contributed by atoms with E-state index < -0.39 is 0 Å². The SMILES string of the molecule is CC[C@]1(O)CCC[C@@H](C)C1. The molecule has 1 heteroatoms. The highest BCUT2D eigenvalue weighted by Crippen LogP contribution is 2.33. The second-order valence-corrected chi connectivity index (χ2v) is 3.78. The third kappa shape index (κ3) is 1.72. The van der Waals surface area contributed by atoms with Gasteiger partial charge in [0.1, 0.15) is 0 Å². The molecule has 0 saturated heterocycles. The van der Waals surface area contributed by atoms with Gasteiger partial charge in [-0.1, -0.05) is 26.7 Å². The van der Waals surface area contributed by atoms with Crippen molar-refractivity contribution in [3.05, 3.63) is 0 Å². The summed E-state index contributed by atoms with van der Waals surface area (Å²) in [7, 11) is 0. The summed E-state index contributed by atoms with van der Waals surface area (Å²) in [4.78, 5) is 0. The Labute approximate surface area is 63.4 Å². The van der Waals surface area contributed by atoms with Gasteiger partial charge in [-0.25, -0.2) is 0 Å². The first-order valence-electron chi connectivity index (χ1n) is 4.39. The summed E-state index contributed by atoms with van der Waals surface area (Å²) in [5.74, 6) is 0.735. The Kier molecular flexibility index (Phi) is 2.35. The predicted molar refractivity (Wildman–Crippen MR) is 42.9 cm³/mol. The van der Waals surface area contributed by atoms with E-state index in [1.165, 1.54) is 12.8 Å². The number of hydrogen-bond donors (Lipinski definition) is 1. The molecule has 1 fully saturated rings. The van der Waals surface area contributed by atoms with E-state index in [0.717, 1.165) is 25.2 Å². The Morgan fingerprint density at radius 3 is 2.70 bits per heavy atom. The minimum atomic E-state index is -0.308. The van der Waals surface area contributed by atoms with E-state index in [0.29, 0.717) is 0 Å². The van der Waals surface area contributed by atoms with E-state index in [-0.39, 0.29) is 5.60 Å². The molecule has 1 nitrogen and oxygen atoms in total. The molecule has 1 aliphatic rings. The highest BCUT2D eigenvalue weighted by Gasteiger charge is 2.30. The maximum absolute atomic E-state index is 9.85. The maximum atomic E-state index is 9.85. The third-order valence-corrected chi connectivity index (χ3v) is 2.73. The van der Waals surface area contributed by atoms with E-state index in [9.17, 15) is 5.11 Å². The number of rotatable bonds is 1. The molecular formula is C9H18O. The quantitative estimate of drug-likeness (QED) is 0.595. The molecule has 0 aromatic heterocycles. The Morgan fingerprint density at radius 1 is 1.60 bits per heavy atom. The first-order valence-corrected chi connectivity index (χ1v) is 4.39. The lowest BCUT2D eigenvalue weighted by Crippen LogP contribution is -2.33. The maximum Gasteiger partial charge on any atom is 0.0647 e. The molecule has 0 spiro atoms. The average molecular weight is 142 g/mol. The van der Waals surface area contributed by atoms with Crippen LogP contribution in [0, 0.1) is 5.92 Å². The van der Waals surface area contributed by atoms with Crippen molar-refractivity contribution in [3.8, 4) is 0 Å². The zero-order valence-corrected chi connectivity index (χ0v) is 7.06. The molecule has 1 rings (SSSR count). The fraction of sp³-hybridized carbons (Fsp3) is 1.00. The van der Waals surface area contributed by atoms with Crippen molar-refractivity contribution in [1.82, 2.24) is 0 Å². The summed E-state index contributed by atoms with van der Waals surface area (Å²) in [5, 5.41) is 9.85. The fourth-order valence-corrected chi connectivity index (χ4v) is 1.95. The second kappa shape index (κ2) is 2.91. The molecule has 0 aromatic carbocycles. The second-order valence-electron chi connectivity index (χ2n) is 3.78. The molecule has 10 heavy (non-hydrogen) atoms. The van der Waals surface area contributed by atoms with Crippen molar-refractivity contribution in [1.29, 1.82) is 0 Å². The van der Waals surface area contributed by atoms with E-state index in [1.807, 2.05) is 0 Å². The monoisotopic (exact) mass is 142 g/mol. The van der Waals surface area contributed by atoms with Gasteiger partial charge in [0.15, 0.2) is 0 Å². The summed E-state index contributed by atoms with van der Waals surface area (Å²) in [5.41, 5.74) is -0.308. The van der Waals surface area contributed by atoms with Crippen LogP contribution in [0.15, 0.2) is 0 Å². The van der Waals surface area contributed by atoms with Crippen molar-refractivity contribution >= 4 is 0 Å². The molecule has 0 aliphatic heterocycles. The Morgan fingerprint density at radius 2 is 2.30 bits per heavy atom. The van der Waals surface area contributed by atoms with Crippen molar-refractivity contribution in [2.75, 3.05) is 0 Å². The largest absolute Gasteiger partial charge is 0.390 e. The molecule has 2 atom stereocenters. The highest BCUT2D eigenvalue weighted by molar-refractivity contribution is 4.83. The van der Waals surface area contributed by atoms with E-state index in [1.54, 1.807) is 0 Å². The third-order valence-electron chi connectivity index (χ3n) is 2.73. The van der Waals surface area contributed by atoms with E-state index in [2.05, 4.69) is 13.8 Å². The number of hydrogen-bond acceptors (Lipinski definition) is 1. The molecule has 1 aliphatic carbocycles. The summed E-state index contributed by atoms with van der Waals surface area (Å²) in [6, 6.07) is 0. The summed E-state index contributed by atoms with van der Waals surface area (Å²) < 4.78 is 0. The van der Waals surface area contributed by atoms with Gasteiger partial charge in [-0.3, -0.25) is 0 Å². The van der Waals surface area contributed by atoms with E-state index in [4.69, 9.17) is 0 Å². The topological polar surface area (TPSA) is 20.2 Å². The van der Waals surface area contributed by atoms with Crippen LogP contribution in [0.3, 0.4) is 0 Å². The van der Waals surface area contributed by atoms with Gasteiger partial charge >= 0.3 is 0 Å². The van der Waals surface area contributed by atoms with Crippen LogP contribution in [0.4, 0.5) is 0 Å². The molecule has 0 unspecified atom stereocenters. The van der Waals surface area contributed by atoms with Gasteiger partial charge in [-0.05, 0) is 25.2 Å². The lowest BCUT2D eigenvalue weighted by Gasteiger charge is -2.34. The molecule has 1 N–H and O–H groups in total. The Bertz CT molecular complexity index is 111. The van der Waals surface area contributed by atoms with Crippen LogP contribution in [-0.2, 0) is 0 Å². The van der Waals surface area contributed by atoms with Crippen LogP contribution in [0.1, 0.15) is 46.0 Å². The van der Waals surface area contributed by atoms with Gasteiger partial charge in [0.25, 0.3) is 0 Å². The van der Waals surface area contributed by atoms with Crippen molar-refractivity contribution < 1.29 is 5.11 Å². The molecule has 0 heterocycles. The predicted octanol–water partition coefficient (Wildman–Crippen LogP) is 2.34. The minimum Gasteiger partial charge on any atom is -0.390 e. The van der Waals surface area contributed by atoms with Crippen molar-refractivity contribution in [3.63, 3.8) is 0 Å². The zero-order chi connectivity index (χ0) is 7.61. The van der Waals surface area contributed by atoms with Gasteiger partial charge in [0.2, 0.25) is 0 Å². The average Bonchev–Trinajstić information content (AvgIpc) is 1.88. The first-order chi connectivity index (χ1) is 4.66. The van der Waals surface area contributed by atoms with Crippen LogP contribution >= 0.6 is 0 Å². The lowest BCUT2D eigenvalue weighted by molar-refractivity contribution is -0.0159. The molecule has 0 radical (unpaired) electrons. The highest BCUT2D eigenvalue weighted by atomic mass is 16.3. The van der Waals surface area contributed by atoms with Gasteiger partial charge in [-0.2, -0.15) is 0 Å². The fourth-order valence-electron chi connectivity index (χ4n) is 1.95. The molecular weight excluding hydrogens is 124 g/mol. The van der Waals surface area contributed by atoms with E-state index >= 15 is 0 Å². The van der Waals surface area contributed by atoms with Crippen molar-refractivity contribution in [2.24, 2.45) is 5.92 Å². The van der Waals surface area contributed by atoms with Crippen LogP contribution in [0.5, 0.6) is 0 Å². The van der Waals surface area contributed by atoms with Crippen LogP contribution in [0.25, 0.3) is 0 Å². The molecule has 0 amide bonds. The summed E-state index contributed by atoms with van der Waals surface area (Å²) in [6.07, 6.45) is 5.49. The van der Waals surface area contributed by atoms with Gasteiger partial charge in [0, 0.05) is 0 Å². The molecule has 1 saturated carbocycles. The molecule has 60 valence electrons. The standard InChI is InChI=1S/C9H18O/c1-3-9(10)6-4-5-8(2)7-9/h8,10H,3-7H2,1-2H3/t8-,9+/m1/s1. The molecule has 0 aromatic rings. The van der Waals surface area contributed by atoms with Crippen LogP contribution in [0.2, 0.25) is 0 Å². The Hall–Kier alpha value is -0.0400. The normalized spacial score (nSPS) is 41.7. The van der Waals surface area contributed by atoms with Crippen LogP contribution in [-0.4, -0.2) is 10.7 Å². The summed E-state index contributed by atoms with van der Waals surface area (Å²) >= 11 is 0. The van der Waals surface area contributed by atoms with Gasteiger partial charge in [0.05, 0.1) is 5.60 Å². The Balaban J connectivity index is 2.45. The first kappa shape index (κ1) is 8.06.